The molecule has 2 aliphatic carbocycles. The van der Waals surface area contributed by atoms with Crippen LogP contribution in [0.3, 0.4) is 0 Å². The van der Waals surface area contributed by atoms with E-state index in [0.29, 0.717) is 6.42 Å². The number of fused-ring (bicyclic) bond motifs is 2. The number of hydrogen-bond donors (Lipinski definition) is 0. The predicted octanol–water partition coefficient (Wildman–Crippen LogP) is 3.29. The zero-order valence-electron chi connectivity index (χ0n) is 12.0. The van der Waals surface area contributed by atoms with Gasteiger partial charge in [-0.25, -0.2) is 0 Å². The van der Waals surface area contributed by atoms with Crippen molar-refractivity contribution in [1.29, 1.82) is 21.0 Å². The summed E-state index contributed by atoms with van der Waals surface area (Å²) in [5.74, 6) is 0.0384. The number of rotatable bonds is 3. The van der Waals surface area contributed by atoms with Gasteiger partial charge in [-0.2, -0.15) is 21.0 Å². The third kappa shape index (κ3) is 1.23. The summed E-state index contributed by atoms with van der Waals surface area (Å²) < 4.78 is 0. The molecule has 102 valence electrons. The molecule has 0 aromatic heterocycles. The van der Waals surface area contributed by atoms with Gasteiger partial charge in [0.05, 0.1) is 24.3 Å². The van der Waals surface area contributed by atoms with E-state index in [1.807, 2.05) is 0 Å². The Balaban J connectivity index is 2.68. The van der Waals surface area contributed by atoms with Crippen LogP contribution in [0.25, 0.3) is 0 Å². The monoisotopic (exact) mass is 266 g/mol. The maximum Gasteiger partial charge on any atom is 0.181 e. The third-order valence-corrected chi connectivity index (χ3v) is 5.85. The molecule has 0 aromatic carbocycles. The lowest BCUT2D eigenvalue weighted by Gasteiger charge is -2.46. The van der Waals surface area contributed by atoms with Crippen LogP contribution < -0.4 is 0 Å². The van der Waals surface area contributed by atoms with E-state index in [2.05, 4.69) is 38.1 Å². The molecule has 3 atom stereocenters. The van der Waals surface area contributed by atoms with E-state index in [1.54, 1.807) is 0 Å². The van der Waals surface area contributed by atoms with E-state index in [0.717, 1.165) is 25.7 Å². The van der Waals surface area contributed by atoms with Gasteiger partial charge >= 0.3 is 0 Å². The highest BCUT2D eigenvalue weighted by Gasteiger charge is 2.78. The molecule has 0 aliphatic heterocycles. The molecule has 3 unspecified atom stereocenters. The molecule has 0 aromatic rings. The Hall–Kier alpha value is -2.04. The minimum Gasteiger partial charge on any atom is -0.196 e. The molecule has 2 fully saturated rings. The van der Waals surface area contributed by atoms with Gasteiger partial charge in [0, 0.05) is 5.41 Å². The largest absolute Gasteiger partial charge is 0.196 e. The lowest BCUT2D eigenvalue weighted by molar-refractivity contribution is 0.0414. The quantitative estimate of drug-likeness (QED) is 0.783. The van der Waals surface area contributed by atoms with Crippen LogP contribution in [0.5, 0.6) is 0 Å². The summed E-state index contributed by atoms with van der Waals surface area (Å²) in [5, 5.41) is 38.7. The fourth-order valence-electron chi connectivity index (χ4n) is 4.81. The molecule has 0 heterocycles. The van der Waals surface area contributed by atoms with Gasteiger partial charge < -0.3 is 0 Å². The van der Waals surface area contributed by atoms with Gasteiger partial charge in [0.25, 0.3) is 0 Å². The summed E-state index contributed by atoms with van der Waals surface area (Å²) in [6.07, 6.45) is 4.12. The number of hydrogen-bond acceptors (Lipinski definition) is 4. The molecule has 0 spiro atoms. The SMILES string of the molecule is CCCC(C)C12CCC(C1)C(C#N)(C#N)C2(C#N)C#N. The van der Waals surface area contributed by atoms with E-state index in [4.69, 9.17) is 0 Å². The summed E-state index contributed by atoms with van der Waals surface area (Å²) in [6, 6.07) is 8.38. The van der Waals surface area contributed by atoms with Crippen molar-refractivity contribution >= 4 is 0 Å². The summed E-state index contributed by atoms with van der Waals surface area (Å²) in [6.45, 7) is 4.15. The first-order valence-electron chi connectivity index (χ1n) is 7.19. The summed E-state index contributed by atoms with van der Waals surface area (Å²) in [7, 11) is 0. The van der Waals surface area contributed by atoms with Crippen molar-refractivity contribution in [2.75, 3.05) is 0 Å². The molecule has 0 amide bonds. The first kappa shape index (κ1) is 14.4. The Kier molecular flexibility index (Phi) is 3.24. The molecule has 0 radical (unpaired) electrons. The molecule has 4 heteroatoms. The van der Waals surface area contributed by atoms with E-state index in [1.165, 1.54) is 0 Å². The van der Waals surface area contributed by atoms with Crippen LogP contribution in [0.1, 0.15) is 46.0 Å². The fraction of sp³-hybridized carbons (Fsp3) is 0.750. The maximum absolute atomic E-state index is 9.74. The summed E-state index contributed by atoms with van der Waals surface area (Å²) >= 11 is 0. The summed E-state index contributed by atoms with van der Waals surface area (Å²) in [5.41, 5.74) is -3.44. The van der Waals surface area contributed by atoms with Crippen molar-refractivity contribution in [3.63, 3.8) is 0 Å². The molecule has 0 saturated heterocycles. The first-order chi connectivity index (χ1) is 9.54. The Bertz CT molecular complexity index is 552. The maximum atomic E-state index is 9.74. The van der Waals surface area contributed by atoms with Crippen LogP contribution in [0, 0.1) is 73.4 Å². The van der Waals surface area contributed by atoms with Crippen LogP contribution in [-0.2, 0) is 0 Å². The molecule has 2 rings (SSSR count). The van der Waals surface area contributed by atoms with Crippen LogP contribution in [0.15, 0.2) is 0 Å². The second-order valence-electron chi connectivity index (χ2n) is 6.29. The van der Waals surface area contributed by atoms with Gasteiger partial charge in [-0.3, -0.25) is 0 Å². The Morgan fingerprint density at radius 1 is 1.10 bits per heavy atom. The lowest BCUT2D eigenvalue weighted by atomic mass is 9.49. The van der Waals surface area contributed by atoms with E-state index in [-0.39, 0.29) is 11.8 Å². The van der Waals surface area contributed by atoms with E-state index >= 15 is 0 Å². The number of nitriles is 4. The van der Waals surface area contributed by atoms with Crippen LogP contribution in [0.4, 0.5) is 0 Å². The molecular weight excluding hydrogens is 248 g/mol. The molecule has 2 saturated carbocycles. The standard InChI is InChI=1S/C16H18N4/c1-3-4-12(2)14-6-5-13(7-14)15(8-17,9-18)16(14,10-19)11-20/h12-13H,3-7H2,1-2H3. The van der Waals surface area contributed by atoms with Gasteiger partial charge in [0.2, 0.25) is 0 Å². The predicted molar refractivity (Wildman–Crippen MR) is 71.2 cm³/mol. The van der Waals surface area contributed by atoms with Crippen LogP contribution >= 0.6 is 0 Å². The Morgan fingerprint density at radius 3 is 2.15 bits per heavy atom. The average Bonchev–Trinajstić information content (AvgIpc) is 3.01. The minimum atomic E-state index is -1.49. The highest BCUT2D eigenvalue weighted by Crippen LogP contribution is 2.74. The van der Waals surface area contributed by atoms with Crippen molar-refractivity contribution in [3.05, 3.63) is 0 Å². The van der Waals surface area contributed by atoms with E-state index < -0.39 is 16.2 Å². The van der Waals surface area contributed by atoms with E-state index in [9.17, 15) is 21.0 Å². The first-order valence-corrected chi connectivity index (χ1v) is 7.19. The van der Waals surface area contributed by atoms with Crippen LogP contribution in [0.2, 0.25) is 0 Å². The highest BCUT2D eigenvalue weighted by molar-refractivity contribution is 5.45. The topological polar surface area (TPSA) is 95.2 Å². The van der Waals surface area contributed by atoms with Crippen molar-refractivity contribution < 1.29 is 0 Å². The molecule has 2 aliphatic rings. The molecular formula is C16H18N4. The fourth-order valence-corrected chi connectivity index (χ4v) is 4.81. The van der Waals surface area contributed by atoms with Crippen molar-refractivity contribution in [2.45, 2.75) is 46.0 Å². The normalized spacial score (nSPS) is 33.4. The minimum absolute atomic E-state index is 0.142. The average molecular weight is 266 g/mol. The molecule has 20 heavy (non-hydrogen) atoms. The lowest BCUT2D eigenvalue weighted by Crippen LogP contribution is -2.51. The Morgan fingerprint density at radius 2 is 1.70 bits per heavy atom. The van der Waals surface area contributed by atoms with Gasteiger partial charge in [-0.15, -0.1) is 0 Å². The smallest absolute Gasteiger partial charge is 0.181 e. The van der Waals surface area contributed by atoms with Crippen LogP contribution in [-0.4, -0.2) is 0 Å². The third-order valence-electron chi connectivity index (χ3n) is 5.85. The summed E-state index contributed by atoms with van der Waals surface area (Å²) in [4.78, 5) is 0. The highest BCUT2D eigenvalue weighted by atomic mass is 14.8. The van der Waals surface area contributed by atoms with Gasteiger partial charge in [0.15, 0.2) is 10.8 Å². The number of nitrogens with zero attached hydrogens (tertiary/aromatic N) is 4. The van der Waals surface area contributed by atoms with Gasteiger partial charge in [-0.1, -0.05) is 26.7 Å². The van der Waals surface area contributed by atoms with Crippen molar-refractivity contribution in [1.82, 2.24) is 0 Å². The van der Waals surface area contributed by atoms with Crippen molar-refractivity contribution in [3.8, 4) is 24.3 Å². The second kappa shape index (κ2) is 4.51. The Labute approximate surface area is 120 Å². The molecule has 2 bridgehead atoms. The van der Waals surface area contributed by atoms with Crippen molar-refractivity contribution in [2.24, 2.45) is 28.1 Å². The van der Waals surface area contributed by atoms with Gasteiger partial charge in [0.1, 0.15) is 0 Å². The van der Waals surface area contributed by atoms with Gasteiger partial charge in [-0.05, 0) is 31.1 Å². The zero-order valence-corrected chi connectivity index (χ0v) is 12.0. The zero-order chi connectivity index (χ0) is 15.0. The molecule has 4 nitrogen and oxygen atoms in total. The molecule has 0 N–H and O–H groups in total. The second-order valence-corrected chi connectivity index (χ2v) is 6.29.